The van der Waals surface area contributed by atoms with Crippen LogP contribution in [0.3, 0.4) is 0 Å². The Morgan fingerprint density at radius 3 is 2.62 bits per heavy atom. The molecular formula is C21H28BN5O5. The molecule has 2 aromatic rings. The summed E-state index contributed by atoms with van der Waals surface area (Å²) in [6, 6.07) is 10.9. The fraction of sp³-hybridized carbons (Fsp3) is 0.429. The lowest BCUT2D eigenvalue weighted by Crippen LogP contribution is -2.56. The second kappa shape index (κ2) is 10.4. The molecule has 3 rings (SSSR count). The molecule has 0 spiro atoms. The molecule has 0 saturated carbocycles. The van der Waals surface area contributed by atoms with E-state index in [4.69, 9.17) is 4.84 Å². The van der Waals surface area contributed by atoms with Crippen molar-refractivity contribution in [3.8, 4) is 0 Å². The van der Waals surface area contributed by atoms with E-state index in [9.17, 15) is 19.6 Å². The summed E-state index contributed by atoms with van der Waals surface area (Å²) in [7, 11) is -1.70. The van der Waals surface area contributed by atoms with Crippen molar-refractivity contribution in [3.05, 3.63) is 53.9 Å². The van der Waals surface area contributed by atoms with Crippen molar-refractivity contribution in [2.75, 3.05) is 6.54 Å². The average Bonchev–Trinajstić information content (AvgIpc) is 3.43. The topological polar surface area (TPSA) is 149 Å². The summed E-state index contributed by atoms with van der Waals surface area (Å²) in [6.45, 7) is 3.95. The van der Waals surface area contributed by atoms with E-state index in [1.807, 2.05) is 44.2 Å². The molecule has 0 bridgehead atoms. The molecule has 0 saturated heterocycles. The van der Waals surface area contributed by atoms with Crippen LogP contribution >= 0.6 is 0 Å². The molecule has 0 aliphatic carbocycles. The molecule has 1 aliphatic heterocycles. The highest BCUT2D eigenvalue weighted by molar-refractivity contribution is 6.43. The van der Waals surface area contributed by atoms with E-state index in [2.05, 4.69) is 26.0 Å². The van der Waals surface area contributed by atoms with Crippen molar-refractivity contribution in [2.24, 2.45) is 11.1 Å². The van der Waals surface area contributed by atoms with Gasteiger partial charge in [-0.25, -0.2) is 0 Å². The Labute approximate surface area is 186 Å². The number of aromatic amines is 1. The normalized spacial score (nSPS) is 18.6. The SMILES string of the molecule is CC(C)CC(NC(=O)C1(Cc2ccccc2)CC(CNC(=O)c2ccn[nH]2)=NO1)B(O)O. The number of carbonyl (C=O) groups is 2. The summed E-state index contributed by atoms with van der Waals surface area (Å²) in [6.07, 6.45) is 2.24. The third-order valence-corrected chi connectivity index (χ3v) is 5.19. The predicted molar refractivity (Wildman–Crippen MR) is 119 cm³/mol. The number of nitrogens with one attached hydrogen (secondary N) is 3. The molecule has 2 unspecified atom stereocenters. The molecule has 170 valence electrons. The van der Waals surface area contributed by atoms with E-state index in [1.165, 1.54) is 6.20 Å². The standard InChI is InChI=1S/C21H28BN5O5/c1-14(2)10-18(22(30)31)25-20(29)21(11-15-6-4-3-5-7-15)12-16(27-32-21)13-23-19(28)17-8-9-24-26-17/h3-9,14,18,30-31H,10-13H2,1-2H3,(H,23,28)(H,24,26)(H,25,29). The van der Waals surface area contributed by atoms with Crippen LogP contribution < -0.4 is 10.6 Å². The molecule has 2 heterocycles. The van der Waals surface area contributed by atoms with E-state index >= 15 is 0 Å². The Kier molecular flexibility index (Phi) is 7.65. The van der Waals surface area contributed by atoms with Gasteiger partial charge in [0.15, 0.2) is 0 Å². The predicted octanol–water partition coefficient (Wildman–Crippen LogP) is 0.440. The highest BCUT2D eigenvalue weighted by atomic mass is 16.7. The third-order valence-electron chi connectivity index (χ3n) is 5.19. The maximum Gasteiger partial charge on any atom is 0.475 e. The molecule has 2 atom stereocenters. The molecule has 10 nitrogen and oxygen atoms in total. The molecule has 0 radical (unpaired) electrons. The summed E-state index contributed by atoms with van der Waals surface area (Å²) in [4.78, 5) is 31.1. The maximum atomic E-state index is 13.3. The number of amides is 2. The lowest BCUT2D eigenvalue weighted by molar-refractivity contribution is -0.144. The van der Waals surface area contributed by atoms with Gasteiger partial charge in [0.05, 0.1) is 18.2 Å². The number of benzene rings is 1. The lowest BCUT2D eigenvalue weighted by atomic mass is 9.74. The van der Waals surface area contributed by atoms with Gasteiger partial charge in [-0.05, 0) is 24.0 Å². The molecular weight excluding hydrogens is 413 g/mol. The number of nitrogens with zero attached hydrogens (tertiary/aromatic N) is 2. The summed E-state index contributed by atoms with van der Waals surface area (Å²) < 4.78 is 0. The Morgan fingerprint density at radius 2 is 2.00 bits per heavy atom. The minimum absolute atomic E-state index is 0.0969. The fourth-order valence-electron chi connectivity index (χ4n) is 3.59. The Morgan fingerprint density at radius 1 is 1.25 bits per heavy atom. The van der Waals surface area contributed by atoms with Gasteiger partial charge in [0.1, 0.15) is 5.69 Å². The molecule has 0 fully saturated rings. The fourth-order valence-corrected chi connectivity index (χ4v) is 3.59. The van der Waals surface area contributed by atoms with Crippen LogP contribution in [0, 0.1) is 5.92 Å². The summed E-state index contributed by atoms with van der Waals surface area (Å²) in [5, 5.41) is 35.3. The first-order valence-corrected chi connectivity index (χ1v) is 10.5. The van der Waals surface area contributed by atoms with Crippen LogP contribution in [0.5, 0.6) is 0 Å². The van der Waals surface area contributed by atoms with Gasteiger partial charge in [-0.15, -0.1) is 0 Å². The first-order valence-electron chi connectivity index (χ1n) is 10.5. The minimum Gasteiger partial charge on any atom is -0.426 e. The molecule has 5 N–H and O–H groups in total. The van der Waals surface area contributed by atoms with Crippen LogP contribution in [0.25, 0.3) is 0 Å². The smallest absolute Gasteiger partial charge is 0.426 e. The quantitative estimate of drug-likeness (QED) is 0.338. The Bertz CT molecular complexity index is 935. The third kappa shape index (κ3) is 5.95. The number of rotatable bonds is 10. The zero-order valence-electron chi connectivity index (χ0n) is 18.1. The molecule has 11 heteroatoms. The van der Waals surface area contributed by atoms with Gasteiger partial charge in [0, 0.05) is 19.0 Å². The van der Waals surface area contributed by atoms with E-state index in [0.29, 0.717) is 17.8 Å². The Hall–Kier alpha value is -3.18. The number of carbonyl (C=O) groups excluding carboxylic acids is 2. The second-order valence-electron chi connectivity index (χ2n) is 8.36. The summed E-state index contributed by atoms with van der Waals surface area (Å²) in [5.74, 6) is -1.54. The van der Waals surface area contributed by atoms with Crippen LogP contribution in [0.1, 0.15) is 42.7 Å². The van der Waals surface area contributed by atoms with Gasteiger partial charge in [0.25, 0.3) is 11.8 Å². The molecule has 1 aliphatic rings. The number of H-pyrrole nitrogens is 1. The van der Waals surface area contributed by atoms with Crippen molar-refractivity contribution >= 4 is 24.6 Å². The maximum absolute atomic E-state index is 13.3. The van der Waals surface area contributed by atoms with Gasteiger partial charge >= 0.3 is 7.12 Å². The summed E-state index contributed by atoms with van der Waals surface area (Å²) >= 11 is 0. The second-order valence-corrected chi connectivity index (χ2v) is 8.36. The van der Waals surface area contributed by atoms with E-state index in [0.717, 1.165) is 5.56 Å². The van der Waals surface area contributed by atoms with Gasteiger partial charge in [-0.3, -0.25) is 14.7 Å². The van der Waals surface area contributed by atoms with E-state index < -0.39 is 24.6 Å². The zero-order valence-corrected chi connectivity index (χ0v) is 18.1. The molecule has 2 amide bonds. The Balaban J connectivity index is 1.72. The van der Waals surface area contributed by atoms with Crippen molar-refractivity contribution < 1.29 is 24.5 Å². The van der Waals surface area contributed by atoms with Crippen molar-refractivity contribution in [1.82, 2.24) is 20.8 Å². The number of hydrogen-bond donors (Lipinski definition) is 5. The van der Waals surface area contributed by atoms with Gasteiger partial charge in [-0.2, -0.15) is 5.10 Å². The van der Waals surface area contributed by atoms with Crippen molar-refractivity contribution in [3.63, 3.8) is 0 Å². The minimum atomic E-state index is -1.70. The highest BCUT2D eigenvalue weighted by Gasteiger charge is 2.48. The van der Waals surface area contributed by atoms with Crippen LogP contribution in [0.2, 0.25) is 0 Å². The van der Waals surface area contributed by atoms with Crippen LogP contribution in [0.15, 0.2) is 47.8 Å². The first kappa shape index (κ1) is 23.5. The van der Waals surface area contributed by atoms with Gasteiger partial charge in [0.2, 0.25) is 5.60 Å². The van der Waals surface area contributed by atoms with Crippen LogP contribution in [0.4, 0.5) is 0 Å². The highest BCUT2D eigenvalue weighted by Crippen LogP contribution is 2.29. The number of aromatic nitrogens is 2. The van der Waals surface area contributed by atoms with Gasteiger partial charge < -0.3 is 25.5 Å². The van der Waals surface area contributed by atoms with Gasteiger partial charge in [-0.1, -0.05) is 49.3 Å². The zero-order chi connectivity index (χ0) is 23.1. The molecule has 1 aromatic carbocycles. The largest absolute Gasteiger partial charge is 0.475 e. The van der Waals surface area contributed by atoms with E-state index in [-0.39, 0.29) is 31.2 Å². The van der Waals surface area contributed by atoms with Crippen molar-refractivity contribution in [1.29, 1.82) is 0 Å². The van der Waals surface area contributed by atoms with Crippen LogP contribution in [-0.2, 0) is 16.1 Å². The van der Waals surface area contributed by atoms with E-state index in [1.54, 1.807) is 6.07 Å². The summed E-state index contributed by atoms with van der Waals surface area (Å²) in [5.41, 5.74) is 0.310. The number of hydrogen-bond acceptors (Lipinski definition) is 7. The van der Waals surface area contributed by atoms with Crippen LogP contribution in [-0.4, -0.2) is 63.0 Å². The monoisotopic (exact) mass is 441 g/mol. The first-order chi connectivity index (χ1) is 15.3. The number of oxime groups is 1. The lowest BCUT2D eigenvalue weighted by Gasteiger charge is -2.29. The van der Waals surface area contributed by atoms with Crippen molar-refractivity contribution in [2.45, 2.75) is 44.7 Å². The molecule has 32 heavy (non-hydrogen) atoms. The average molecular weight is 441 g/mol. The molecule has 1 aromatic heterocycles.